The second kappa shape index (κ2) is 7.84. The van der Waals surface area contributed by atoms with Crippen molar-refractivity contribution in [2.75, 3.05) is 26.6 Å². The molecule has 4 rings (SSSR count). The number of nitrogens with one attached hydrogen (secondary N) is 1. The van der Waals surface area contributed by atoms with Crippen molar-refractivity contribution in [3.05, 3.63) is 59.7 Å². The Kier molecular flexibility index (Phi) is 5.09. The van der Waals surface area contributed by atoms with Gasteiger partial charge in [0.1, 0.15) is 22.9 Å². The van der Waals surface area contributed by atoms with E-state index in [1.807, 2.05) is 30.5 Å². The van der Waals surface area contributed by atoms with Gasteiger partial charge in [0.25, 0.3) is 5.91 Å². The van der Waals surface area contributed by atoms with Gasteiger partial charge in [-0.2, -0.15) is 0 Å². The van der Waals surface area contributed by atoms with Crippen molar-refractivity contribution in [2.24, 2.45) is 0 Å². The van der Waals surface area contributed by atoms with Crippen LogP contribution in [0.25, 0.3) is 16.2 Å². The minimum absolute atomic E-state index is 0.263. The van der Waals surface area contributed by atoms with Crippen molar-refractivity contribution in [2.45, 2.75) is 0 Å². The number of ether oxygens (including phenoxy) is 3. The summed E-state index contributed by atoms with van der Waals surface area (Å²) in [6.45, 7) is 0. The Morgan fingerprint density at radius 2 is 1.72 bits per heavy atom. The lowest BCUT2D eigenvalue weighted by Crippen LogP contribution is -2.14. The van der Waals surface area contributed by atoms with Gasteiger partial charge in [0.15, 0.2) is 4.96 Å². The van der Waals surface area contributed by atoms with Crippen LogP contribution in [0.2, 0.25) is 0 Å². The third kappa shape index (κ3) is 3.62. The summed E-state index contributed by atoms with van der Waals surface area (Å²) in [6, 6.07) is 12.9. The zero-order valence-corrected chi connectivity index (χ0v) is 16.9. The van der Waals surface area contributed by atoms with Crippen molar-refractivity contribution in [1.29, 1.82) is 0 Å². The lowest BCUT2D eigenvalue weighted by Gasteiger charge is -2.11. The third-order valence-corrected chi connectivity index (χ3v) is 5.32. The molecular formula is C21H19N3O4S. The van der Waals surface area contributed by atoms with Crippen molar-refractivity contribution in [3.8, 4) is 28.5 Å². The van der Waals surface area contributed by atoms with Crippen LogP contribution in [0, 0.1) is 0 Å². The number of nitrogens with zero attached hydrogens (tertiary/aromatic N) is 2. The summed E-state index contributed by atoms with van der Waals surface area (Å²) in [5.41, 5.74) is 2.75. The molecule has 0 saturated heterocycles. The summed E-state index contributed by atoms with van der Waals surface area (Å²) in [5.74, 6) is 1.69. The lowest BCUT2D eigenvalue weighted by molar-refractivity contribution is 0.102. The maximum absolute atomic E-state index is 12.9. The zero-order chi connectivity index (χ0) is 20.4. The third-order valence-electron chi connectivity index (χ3n) is 4.48. The van der Waals surface area contributed by atoms with Crippen molar-refractivity contribution >= 4 is 27.9 Å². The molecule has 0 aliphatic rings. The van der Waals surface area contributed by atoms with Crippen LogP contribution in [-0.4, -0.2) is 36.6 Å². The number of methoxy groups -OCH3 is 3. The molecular weight excluding hydrogens is 390 g/mol. The Bertz CT molecular complexity index is 1160. The van der Waals surface area contributed by atoms with Crippen LogP contribution in [0.1, 0.15) is 10.5 Å². The molecule has 0 atom stereocenters. The molecule has 0 radical (unpaired) electrons. The van der Waals surface area contributed by atoms with Gasteiger partial charge in [0.05, 0.1) is 32.7 Å². The van der Waals surface area contributed by atoms with Crippen LogP contribution in [0.5, 0.6) is 17.2 Å². The van der Waals surface area contributed by atoms with Crippen LogP contribution < -0.4 is 19.5 Å². The van der Waals surface area contributed by atoms with Crippen LogP contribution in [-0.2, 0) is 0 Å². The average Bonchev–Trinajstić information content (AvgIpc) is 3.34. The van der Waals surface area contributed by atoms with Crippen molar-refractivity contribution < 1.29 is 19.0 Å². The number of amides is 1. The SMILES string of the molecule is COc1ccc(-c2cn3c(C(=O)Nc4cc(OC)ccc4OC)csc3n2)cc1. The first kappa shape index (κ1) is 18.8. The normalized spacial score (nSPS) is 10.7. The summed E-state index contributed by atoms with van der Waals surface area (Å²) in [7, 11) is 4.75. The van der Waals surface area contributed by atoms with Crippen LogP contribution in [0.4, 0.5) is 5.69 Å². The fraction of sp³-hybridized carbons (Fsp3) is 0.143. The summed E-state index contributed by atoms with van der Waals surface area (Å²) < 4.78 is 17.6. The Hall–Kier alpha value is -3.52. The van der Waals surface area contributed by atoms with Gasteiger partial charge in [-0.1, -0.05) is 0 Å². The molecule has 7 nitrogen and oxygen atoms in total. The van der Waals surface area contributed by atoms with E-state index in [0.717, 1.165) is 22.0 Å². The Balaban J connectivity index is 1.64. The van der Waals surface area contributed by atoms with E-state index in [0.29, 0.717) is 22.9 Å². The maximum atomic E-state index is 12.9. The van der Waals surface area contributed by atoms with Crippen LogP contribution in [0.3, 0.4) is 0 Å². The number of benzene rings is 2. The minimum Gasteiger partial charge on any atom is -0.497 e. The predicted octanol–water partition coefficient (Wildman–Crippen LogP) is 4.34. The molecule has 4 aromatic rings. The summed E-state index contributed by atoms with van der Waals surface area (Å²) in [6.07, 6.45) is 1.85. The molecule has 0 fully saturated rings. The van der Waals surface area contributed by atoms with E-state index >= 15 is 0 Å². The highest BCUT2D eigenvalue weighted by molar-refractivity contribution is 7.15. The Morgan fingerprint density at radius 3 is 2.41 bits per heavy atom. The number of imidazole rings is 1. The van der Waals surface area contributed by atoms with Crippen LogP contribution >= 0.6 is 11.3 Å². The molecule has 0 bridgehead atoms. The number of thiazole rings is 1. The second-order valence-electron chi connectivity index (χ2n) is 6.15. The Labute approximate surface area is 171 Å². The van der Waals surface area contributed by atoms with Gasteiger partial charge in [-0.3, -0.25) is 9.20 Å². The van der Waals surface area contributed by atoms with Gasteiger partial charge in [0.2, 0.25) is 0 Å². The van der Waals surface area contributed by atoms with E-state index in [1.165, 1.54) is 11.3 Å². The highest BCUT2D eigenvalue weighted by Gasteiger charge is 2.17. The smallest absolute Gasteiger partial charge is 0.273 e. The van der Waals surface area contributed by atoms with E-state index < -0.39 is 0 Å². The predicted molar refractivity (Wildman–Crippen MR) is 113 cm³/mol. The highest BCUT2D eigenvalue weighted by Crippen LogP contribution is 2.30. The van der Waals surface area contributed by atoms with Gasteiger partial charge in [-0.05, 0) is 36.4 Å². The lowest BCUT2D eigenvalue weighted by atomic mass is 10.2. The first-order valence-corrected chi connectivity index (χ1v) is 9.65. The van der Waals surface area contributed by atoms with Gasteiger partial charge in [-0.25, -0.2) is 4.98 Å². The molecule has 0 saturated carbocycles. The zero-order valence-electron chi connectivity index (χ0n) is 16.1. The standard InChI is InChI=1S/C21H19N3O4S/c1-26-14-6-4-13(5-7-14)17-11-24-18(12-29-21(24)23-17)20(25)22-16-10-15(27-2)8-9-19(16)28-3/h4-12H,1-3H3,(H,22,25). The summed E-state index contributed by atoms with van der Waals surface area (Å²) >= 11 is 1.40. The number of aromatic nitrogens is 2. The number of hydrogen-bond acceptors (Lipinski definition) is 6. The molecule has 1 N–H and O–H groups in total. The molecule has 2 aromatic heterocycles. The first-order chi connectivity index (χ1) is 14.1. The molecule has 8 heteroatoms. The fourth-order valence-corrected chi connectivity index (χ4v) is 3.80. The van der Waals surface area contributed by atoms with E-state index in [4.69, 9.17) is 14.2 Å². The fourth-order valence-electron chi connectivity index (χ4n) is 2.95. The number of rotatable bonds is 6. The molecule has 2 heterocycles. The van der Waals surface area contributed by atoms with Crippen LogP contribution in [0.15, 0.2) is 54.0 Å². The molecule has 148 valence electrons. The largest absolute Gasteiger partial charge is 0.497 e. The second-order valence-corrected chi connectivity index (χ2v) is 6.99. The topological polar surface area (TPSA) is 74.1 Å². The molecule has 29 heavy (non-hydrogen) atoms. The van der Waals surface area contributed by atoms with Gasteiger partial charge in [0, 0.05) is 23.2 Å². The van der Waals surface area contributed by atoms with Crippen molar-refractivity contribution in [1.82, 2.24) is 9.38 Å². The molecule has 0 unspecified atom stereocenters. The summed E-state index contributed by atoms with van der Waals surface area (Å²) in [4.78, 5) is 18.3. The minimum atomic E-state index is -0.263. The van der Waals surface area contributed by atoms with Gasteiger partial charge in [-0.15, -0.1) is 11.3 Å². The summed E-state index contributed by atoms with van der Waals surface area (Å²) in [5, 5.41) is 4.67. The quantitative estimate of drug-likeness (QED) is 0.513. The number of carbonyl (C=O) groups excluding carboxylic acids is 1. The molecule has 0 aliphatic carbocycles. The number of carbonyl (C=O) groups is 1. The average molecular weight is 409 g/mol. The molecule has 2 aromatic carbocycles. The monoisotopic (exact) mass is 409 g/mol. The van der Waals surface area contributed by atoms with E-state index in [2.05, 4.69) is 10.3 Å². The van der Waals surface area contributed by atoms with Gasteiger partial charge < -0.3 is 19.5 Å². The number of anilines is 1. The maximum Gasteiger partial charge on any atom is 0.273 e. The van der Waals surface area contributed by atoms with E-state index in [1.54, 1.807) is 49.3 Å². The van der Waals surface area contributed by atoms with Crippen molar-refractivity contribution in [3.63, 3.8) is 0 Å². The number of hydrogen-bond donors (Lipinski definition) is 1. The van der Waals surface area contributed by atoms with Gasteiger partial charge >= 0.3 is 0 Å². The van der Waals surface area contributed by atoms with E-state index in [-0.39, 0.29) is 5.91 Å². The highest BCUT2D eigenvalue weighted by atomic mass is 32.1. The molecule has 0 spiro atoms. The first-order valence-electron chi connectivity index (χ1n) is 8.77. The Morgan fingerprint density at radius 1 is 1.00 bits per heavy atom. The van der Waals surface area contributed by atoms with E-state index in [9.17, 15) is 4.79 Å². The molecule has 1 amide bonds. The number of fused-ring (bicyclic) bond motifs is 1. The molecule has 0 aliphatic heterocycles.